The Morgan fingerprint density at radius 2 is 1.75 bits per heavy atom. The van der Waals surface area contributed by atoms with Crippen LogP contribution in [0.1, 0.15) is 43.0 Å². The van der Waals surface area contributed by atoms with Crippen molar-refractivity contribution in [3.8, 4) is 0 Å². The number of benzene rings is 1. The van der Waals surface area contributed by atoms with Crippen LogP contribution >= 0.6 is 0 Å². The second-order valence-corrected chi connectivity index (χ2v) is 4.93. The van der Waals surface area contributed by atoms with Crippen molar-refractivity contribution in [1.29, 1.82) is 0 Å². The van der Waals surface area contributed by atoms with Gasteiger partial charge in [-0.3, -0.25) is 4.79 Å². The van der Waals surface area contributed by atoms with E-state index in [0.29, 0.717) is 6.42 Å². The molecule has 0 radical (unpaired) electrons. The third kappa shape index (κ3) is 3.17. The van der Waals surface area contributed by atoms with Crippen LogP contribution in [0.5, 0.6) is 0 Å². The van der Waals surface area contributed by atoms with E-state index < -0.39 is 5.97 Å². The first-order valence-electron chi connectivity index (χ1n) is 7.04. The molecule has 5 nitrogen and oxygen atoms in total. The monoisotopic (exact) mass is 276 g/mol. The Morgan fingerprint density at radius 3 is 2.25 bits per heavy atom. The standard InChI is InChI=1S/C15H20N2O3/c1-2-14(18)17(16-10-4-3-5-11-16)13-8-6-12(7-9-13)15(19)20/h6-9H,2-5,10-11H2,1H3,(H,19,20). The van der Waals surface area contributed by atoms with Crippen molar-refractivity contribution in [2.45, 2.75) is 32.6 Å². The molecule has 1 aliphatic heterocycles. The molecule has 1 N–H and O–H groups in total. The lowest BCUT2D eigenvalue weighted by atomic mass is 10.1. The maximum Gasteiger partial charge on any atom is 0.335 e. The summed E-state index contributed by atoms with van der Waals surface area (Å²) in [7, 11) is 0. The summed E-state index contributed by atoms with van der Waals surface area (Å²) in [5, 5.41) is 12.7. The third-order valence-electron chi connectivity index (χ3n) is 3.51. The maximum atomic E-state index is 12.2. The Bertz CT molecular complexity index is 478. The number of amides is 1. The molecule has 1 saturated heterocycles. The second-order valence-electron chi connectivity index (χ2n) is 4.93. The van der Waals surface area contributed by atoms with Crippen LogP contribution in [0.15, 0.2) is 24.3 Å². The SMILES string of the molecule is CCC(=O)N(c1ccc(C(=O)O)cc1)N1CCCCC1. The minimum Gasteiger partial charge on any atom is -0.478 e. The molecule has 20 heavy (non-hydrogen) atoms. The van der Waals surface area contributed by atoms with Crippen LogP contribution in [0, 0.1) is 0 Å². The number of carbonyl (C=O) groups excluding carboxylic acids is 1. The third-order valence-corrected chi connectivity index (χ3v) is 3.51. The average Bonchev–Trinajstić information content (AvgIpc) is 2.49. The van der Waals surface area contributed by atoms with Crippen molar-refractivity contribution in [2.24, 2.45) is 0 Å². The molecular formula is C15H20N2O3. The lowest BCUT2D eigenvalue weighted by molar-refractivity contribution is -0.121. The molecule has 0 saturated carbocycles. The van der Waals surface area contributed by atoms with E-state index in [1.165, 1.54) is 18.6 Å². The van der Waals surface area contributed by atoms with Crippen LogP contribution in [0.2, 0.25) is 0 Å². The summed E-state index contributed by atoms with van der Waals surface area (Å²) in [5.41, 5.74) is 0.972. The molecule has 0 aliphatic carbocycles. The number of hydrogen-bond acceptors (Lipinski definition) is 3. The summed E-state index contributed by atoms with van der Waals surface area (Å²) < 4.78 is 0. The number of anilines is 1. The van der Waals surface area contributed by atoms with Crippen molar-refractivity contribution in [1.82, 2.24) is 5.01 Å². The predicted octanol–water partition coefficient (Wildman–Crippen LogP) is 2.53. The summed E-state index contributed by atoms with van der Waals surface area (Å²) in [4.78, 5) is 23.1. The molecule has 0 aromatic heterocycles. The van der Waals surface area contributed by atoms with Gasteiger partial charge in [0.2, 0.25) is 5.91 Å². The van der Waals surface area contributed by atoms with Crippen molar-refractivity contribution < 1.29 is 14.7 Å². The molecule has 1 amide bonds. The van der Waals surface area contributed by atoms with E-state index in [9.17, 15) is 9.59 Å². The van der Waals surface area contributed by atoms with Gasteiger partial charge in [-0.2, -0.15) is 0 Å². The first-order chi connectivity index (χ1) is 9.63. The summed E-state index contributed by atoms with van der Waals surface area (Å²) in [6, 6.07) is 6.48. The van der Waals surface area contributed by atoms with Crippen molar-refractivity contribution in [2.75, 3.05) is 18.1 Å². The average molecular weight is 276 g/mol. The Balaban J connectivity index is 2.25. The first kappa shape index (κ1) is 14.5. The molecule has 5 heteroatoms. The molecule has 1 aromatic rings. The number of aromatic carboxylic acids is 1. The zero-order chi connectivity index (χ0) is 14.5. The molecule has 0 atom stereocenters. The number of nitrogens with zero attached hydrogens (tertiary/aromatic N) is 2. The molecule has 1 heterocycles. The molecule has 108 valence electrons. The number of hydrogen-bond donors (Lipinski definition) is 1. The van der Waals surface area contributed by atoms with Gasteiger partial charge in [0.15, 0.2) is 0 Å². The quantitative estimate of drug-likeness (QED) is 0.918. The lowest BCUT2D eigenvalue weighted by Gasteiger charge is -2.37. The second kappa shape index (κ2) is 6.52. The number of hydrazine groups is 1. The summed E-state index contributed by atoms with van der Waals surface area (Å²) in [6.45, 7) is 3.57. The number of carbonyl (C=O) groups is 2. The minimum atomic E-state index is -0.956. The highest BCUT2D eigenvalue weighted by atomic mass is 16.4. The number of rotatable bonds is 4. The van der Waals surface area contributed by atoms with Gasteiger partial charge in [-0.25, -0.2) is 14.8 Å². The van der Waals surface area contributed by atoms with Gasteiger partial charge < -0.3 is 5.11 Å². The molecular weight excluding hydrogens is 256 g/mol. The van der Waals surface area contributed by atoms with E-state index in [1.807, 2.05) is 6.92 Å². The van der Waals surface area contributed by atoms with Crippen LogP contribution in [0.3, 0.4) is 0 Å². The zero-order valence-corrected chi connectivity index (χ0v) is 11.7. The molecule has 1 fully saturated rings. The van der Waals surface area contributed by atoms with E-state index in [4.69, 9.17) is 5.11 Å². The fraction of sp³-hybridized carbons (Fsp3) is 0.467. The smallest absolute Gasteiger partial charge is 0.335 e. The summed E-state index contributed by atoms with van der Waals surface area (Å²) in [6.07, 6.45) is 3.79. The summed E-state index contributed by atoms with van der Waals surface area (Å²) in [5.74, 6) is -0.919. The van der Waals surface area contributed by atoms with Gasteiger partial charge in [-0.15, -0.1) is 0 Å². The Morgan fingerprint density at radius 1 is 1.15 bits per heavy atom. The van der Waals surface area contributed by atoms with Crippen LogP contribution in [0.4, 0.5) is 5.69 Å². The Kier molecular flexibility index (Phi) is 4.74. The van der Waals surface area contributed by atoms with Gasteiger partial charge in [-0.05, 0) is 37.1 Å². The zero-order valence-electron chi connectivity index (χ0n) is 11.7. The number of carboxylic acids is 1. The van der Waals surface area contributed by atoms with Gasteiger partial charge in [0.05, 0.1) is 11.3 Å². The Hall–Kier alpha value is -1.88. The lowest BCUT2D eigenvalue weighted by Crippen LogP contribution is -2.49. The summed E-state index contributed by atoms with van der Waals surface area (Å²) >= 11 is 0. The fourth-order valence-electron chi connectivity index (χ4n) is 2.44. The first-order valence-corrected chi connectivity index (χ1v) is 7.04. The van der Waals surface area contributed by atoms with Crippen molar-refractivity contribution >= 4 is 17.6 Å². The largest absolute Gasteiger partial charge is 0.478 e. The van der Waals surface area contributed by atoms with Gasteiger partial charge in [0, 0.05) is 19.5 Å². The maximum absolute atomic E-state index is 12.2. The number of carboxylic acid groups (broad SMARTS) is 1. The molecule has 1 aliphatic rings. The Labute approximate surface area is 118 Å². The minimum absolute atomic E-state index is 0.0370. The van der Waals surface area contributed by atoms with Gasteiger partial charge >= 0.3 is 5.97 Å². The topological polar surface area (TPSA) is 60.9 Å². The van der Waals surface area contributed by atoms with E-state index in [1.54, 1.807) is 17.1 Å². The van der Waals surface area contributed by atoms with Gasteiger partial charge in [-0.1, -0.05) is 13.3 Å². The van der Waals surface area contributed by atoms with E-state index >= 15 is 0 Å². The molecule has 1 aromatic carbocycles. The highest BCUT2D eigenvalue weighted by Gasteiger charge is 2.23. The van der Waals surface area contributed by atoms with Crippen LogP contribution in [0.25, 0.3) is 0 Å². The normalized spacial score (nSPS) is 15.8. The van der Waals surface area contributed by atoms with Crippen molar-refractivity contribution in [3.05, 3.63) is 29.8 Å². The fourth-order valence-corrected chi connectivity index (χ4v) is 2.44. The van der Waals surface area contributed by atoms with Crippen LogP contribution in [-0.2, 0) is 4.79 Å². The van der Waals surface area contributed by atoms with E-state index in [-0.39, 0.29) is 11.5 Å². The van der Waals surface area contributed by atoms with Crippen LogP contribution < -0.4 is 5.01 Å². The molecule has 0 spiro atoms. The van der Waals surface area contributed by atoms with Crippen molar-refractivity contribution in [3.63, 3.8) is 0 Å². The van der Waals surface area contributed by atoms with E-state index in [0.717, 1.165) is 31.6 Å². The highest BCUT2D eigenvalue weighted by molar-refractivity contribution is 5.93. The molecule has 2 rings (SSSR count). The van der Waals surface area contributed by atoms with Gasteiger partial charge in [0.25, 0.3) is 0 Å². The van der Waals surface area contributed by atoms with Crippen LogP contribution in [-0.4, -0.2) is 35.1 Å². The number of piperidine rings is 1. The predicted molar refractivity (Wildman–Crippen MR) is 76.6 cm³/mol. The molecule has 0 unspecified atom stereocenters. The highest BCUT2D eigenvalue weighted by Crippen LogP contribution is 2.22. The van der Waals surface area contributed by atoms with E-state index in [2.05, 4.69) is 5.01 Å². The van der Waals surface area contributed by atoms with Gasteiger partial charge in [0.1, 0.15) is 0 Å². The molecule has 0 bridgehead atoms.